The Hall–Kier alpha value is -2.35. The molecule has 0 atom stereocenters. The van der Waals surface area contributed by atoms with Gasteiger partial charge in [-0.15, -0.1) is 0 Å². The second-order valence-electron chi connectivity index (χ2n) is 6.78. The number of carbonyl (C=O) groups is 2. The molecule has 1 aromatic rings. The first-order chi connectivity index (χ1) is 12.3. The van der Waals surface area contributed by atoms with E-state index in [4.69, 9.17) is 14.6 Å². The fourth-order valence-electron chi connectivity index (χ4n) is 2.81. The smallest absolute Gasteiger partial charge is 0.407 e. The first-order valence-electron chi connectivity index (χ1n) is 8.56. The van der Waals surface area contributed by atoms with E-state index in [0.29, 0.717) is 44.0 Å². The molecule has 1 aromatic carbocycles. The Kier molecular flexibility index (Phi) is 6.79. The van der Waals surface area contributed by atoms with Crippen LogP contribution >= 0.6 is 0 Å². The molecule has 1 heterocycles. The van der Waals surface area contributed by atoms with Gasteiger partial charge in [-0.2, -0.15) is 0 Å². The summed E-state index contributed by atoms with van der Waals surface area (Å²) in [7, 11) is 0. The van der Waals surface area contributed by atoms with Crippen LogP contribution in [0.3, 0.4) is 0 Å². The van der Waals surface area contributed by atoms with Crippen LogP contribution in [0.15, 0.2) is 18.2 Å². The van der Waals surface area contributed by atoms with Gasteiger partial charge in [0.1, 0.15) is 11.4 Å². The van der Waals surface area contributed by atoms with Gasteiger partial charge in [0.15, 0.2) is 0 Å². The van der Waals surface area contributed by atoms with E-state index in [1.54, 1.807) is 19.9 Å². The largest absolute Gasteiger partial charge is 0.481 e. The molecule has 0 aromatic heterocycles. The molecule has 8 heteroatoms. The van der Waals surface area contributed by atoms with Crippen molar-refractivity contribution in [3.63, 3.8) is 0 Å². The Morgan fingerprint density at radius 2 is 2.04 bits per heavy atom. The van der Waals surface area contributed by atoms with E-state index in [1.807, 2.05) is 11.0 Å². The van der Waals surface area contributed by atoms with Gasteiger partial charge in [-0.1, -0.05) is 6.07 Å². The molecule has 1 aliphatic heterocycles. The number of benzene rings is 1. The predicted molar refractivity (Wildman–Crippen MR) is 94.0 cm³/mol. The highest BCUT2D eigenvalue weighted by Gasteiger charge is 2.24. The third kappa shape index (κ3) is 6.18. The number of carbonyl (C=O) groups excluding carboxylic acids is 1. The van der Waals surface area contributed by atoms with E-state index in [2.05, 4.69) is 5.32 Å². The van der Waals surface area contributed by atoms with Gasteiger partial charge < -0.3 is 24.8 Å². The molecule has 1 aliphatic rings. The number of carboxylic acids is 1. The van der Waals surface area contributed by atoms with E-state index in [9.17, 15) is 14.0 Å². The Balaban J connectivity index is 1.92. The van der Waals surface area contributed by atoms with Gasteiger partial charge in [0.25, 0.3) is 0 Å². The van der Waals surface area contributed by atoms with E-state index < -0.39 is 17.7 Å². The minimum atomic E-state index is -1.000. The van der Waals surface area contributed by atoms with Gasteiger partial charge in [-0.3, -0.25) is 4.79 Å². The molecular weight excluding hydrogens is 343 g/mol. The van der Waals surface area contributed by atoms with Crippen molar-refractivity contribution >= 4 is 17.7 Å². The number of aliphatic carboxylic acids is 1. The standard InChI is InChI=1S/C18H25FN2O5/c1-18(2,26-17(24)20-6-5-16(22)23)12-13-3-4-15(14(19)11-13)21-7-9-25-10-8-21/h3-4,11H,5-10,12H2,1-2H3,(H,20,24)(H,22,23). The summed E-state index contributed by atoms with van der Waals surface area (Å²) in [6, 6.07) is 5.01. The second-order valence-corrected chi connectivity index (χ2v) is 6.78. The van der Waals surface area contributed by atoms with Gasteiger partial charge in [0.05, 0.1) is 25.3 Å². The molecule has 2 N–H and O–H groups in total. The van der Waals surface area contributed by atoms with E-state index in [1.165, 1.54) is 6.07 Å². The summed E-state index contributed by atoms with van der Waals surface area (Å²) in [6.45, 7) is 5.91. The van der Waals surface area contributed by atoms with Crippen molar-refractivity contribution in [1.29, 1.82) is 0 Å². The van der Waals surface area contributed by atoms with Crippen LogP contribution in [-0.2, 0) is 20.7 Å². The highest BCUT2D eigenvalue weighted by molar-refractivity contribution is 5.70. The molecular formula is C18H25FN2O5. The molecule has 0 unspecified atom stereocenters. The maximum Gasteiger partial charge on any atom is 0.407 e. The van der Waals surface area contributed by atoms with Crippen molar-refractivity contribution in [2.45, 2.75) is 32.3 Å². The quantitative estimate of drug-likeness (QED) is 0.767. The molecule has 0 radical (unpaired) electrons. The summed E-state index contributed by atoms with van der Waals surface area (Å²) in [5, 5.41) is 10.9. The highest BCUT2D eigenvalue weighted by Crippen LogP contribution is 2.24. The summed E-state index contributed by atoms with van der Waals surface area (Å²) in [4.78, 5) is 24.1. The molecule has 0 spiro atoms. The summed E-state index contributed by atoms with van der Waals surface area (Å²) < 4.78 is 25.1. The molecule has 0 bridgehead atoms. The number of alkyl carbamates (subject to hydrolysis) is 1. The lowest BCUT2D eigenvalue weighted by atomic mass is 9.98. The monoisotopic (exact) mass is 368 g/mol. The number of anilines is 1. The molecule has 26 heavy (non-hydrogen) atoms. The zero-order valence-corrected chi connectivity index (χ0v) is 15.1. The number of nitrogens with zero attached hydrogens (tertiary/aromatic N) is 1. The van der Waals surface area contributed by atoms with Crippen LogP contribution in [0.5, 0.6) is 0 Å². The third-order valence-electron chi connectivity index (χ3n) is 3.97. The number of rotatable bonds is 7. The maximum absolute atomic E-state index is 14.5. The Bertz CT molecular complexity index is 644. The fourth-order valence-corrected chi connectivity index (χ4v) is 2.81. The summed E-state index contributed by atoms with van der Waals surface area (Å²) in [6.07, 6.45) is -0.537. The lowest BCUT2D eigenvalue weighted by Crippen LogP contribution is -2.37. The highest BCUT2D eigenvalue weighted by atomic mass is 19.1. The van der Waals surface area contributed by atoms with Gasteiger partial charge in [0.2, 0.25) is 0 Å². The van der Waals surface area contributed by atoms with Gasteiger partial charge in [-0.25, -0.2) is 9.18 Å². The first-order valence-corrected chi connectivity index (χ1v) is 8.56. The van der Waals surface area contributed by atoms with E-state index in [-0.39, 0.29) is 18.8 Å². The topological polar surface area (TPSA) is 88.1 Å². The van der Waals surface area contributed by atoms with Crippen molar-refractivity contribution in [1.82, 2.24) is 5.32 Å². The SMILES string of the molecule is CC(C)(Cc1ccc(N2CCOCC2)c(F)c1)OC(=O)NCCC(=O)O. The summed E-state index contributed by atoms with van der Waals surface area (Å²) in [5.41, 5.74) is 0.394. The van der Waals surface area contributed by atoms with Crippen LogP contribution in [0.2, 0.25) is 0 Å². The molecule has 144 valence electrons. The van der Waals surface area contributed by atoms with E-state index in [0.717, 1.165) is 0 Å². The van der Waals surface area contributed by atoms with Gasteiger partial charge in [-0.05, 0) is 31.5 Å². The number of carboxylic acid groups (broad SMARTS) is 1. The van der Waals surface area contributed by atoms with Crippen molar-refractivity contribution in [3.8, 4) is 0 Å². The zero-order valence-electron chi connectivity index (χ0n) is 15.1. The predicted octanol–water partition coefficient (Wildman–Crippen LogP) is 2.18. The number of morpholine rings is 1. The van der Waals surface area contributed by atoms with Crippen LogP contribution in [0.25, 0.3) is 0 Å². The van der Waals surface area contributed by atoms with Crippen LogP contribution in [0.4, 0.5) is 14.9 Å². The average Bonchev–Trinajstić information content (AvgIpc) is 2.54. The minimum absolute atomic E-state index is 0.00682. The summed E-state index contributed by atoms with van der Waals surface area (Å²) in [5.74, 6) is -1.31. The van der Waals surface area contributed by atoms with Crippen molar-refractivity contribution < 1.29 is 28.6 Å². The third-order valence-corrected chi connectivity index (χ3v) is 3.97. The molecule has 2 rings (SSSR count). The van der Waals surface area contributed by atoms with Gasteiger partial charge >= 0.3 is 12.1 Å². The first kappa shape index (κ1) is 20.0. The minimum Gasteiger partial charge on any atom is -0.481 e. The lowest BCUT2D eigenvalue weighted by molar-refractivity contribution is -0.136. The van der Waals surface area contributed by atoms with Crippen molar-refractivity contribution in [3.05, 3.63) is 29.6 Å². The Morgan fingerprint density at radius 1 is 1.35 bits per heavy atom. The van der Waals surface area contributed by atoms with Crippen LogP contribution < -0.4 is 10.2 Å². The van der Waals surface area contributed by atoms with Crippen molar-refractivity contribution in [2.75, 3.05) is 37.7 Å². The summed E-state index contributed by atoms with van der Waals surface area (Å²) >= 11 is 0. The maximum atomic E-state index is 14.5. The molecule has 0 aliphatic carbocycles. The number of hydrogen-bond donors (Lipinski definition) is 2. The lowest BCUT2D eigenvalue weighted by Gasteiger charge is -2.30. The average molecular weight is 368 g/mol. The molecule has 7 nitrogen and oxygen atoms in total. The molecule has 1 amide bonds. The Labute approximate surface area is 152 Å². The van der Waals surface area contributed by atoms with Crippen LogP contribution in [0, 0.1) is 5.82 Å². The van der Waals surface area contributed by atoms with Crippen molar-refractivity contribution in [2.24, 2.45) is 0 Å². The zero-order chi connectivity index (χ0) is 19.2. The van der Waals surface area contributed by atoms with Crippen LogP contribution in [-0.4, -0.2) is 55.6 Å². The molecule has 1 saturated heterocycles. The number of halogens is 1. The van der Waals surface area contributed by atoms with Gasteiger partial charge in [0, 0.05) is 26.1 Å². The van der Waals surface area contributed by atoms with Crippen LogP contribution in [0.1, 0.15) is 25.8 Å². The number of hydrogen-bond acceptors (Lipinski definition) is 5. The molecule has 0 saturated carbocycles. The normalized spacial score (nSPS) is 14.8. The molecule has 1 fully saturated rings. The van der Waals surface area contributed by atoms with E-state index >= 15 is 0 Å². The fraction of sp³-hybridized carbons (Fsp3) is 0.556. The number of amides is 1. The second kappa shape index (κ2) is 8.84. The number of nitrogens with one attached hydrogen (secondary N) is 1. The number of ether oxygens (including phenoxy) is 2. The Morgan fingerprint density at radius 3 is 2.65 bits per heavy atom.